The number of para-hydroxylation sites is 2. The van der Waals surface area contributed by atoms with E-state index in [-0.39, 0.29) is 0 Å². The van der Waals surface area contributed by atoms with Crippen molar-refractivity contribution in [3.63, 3.8) is 0 Å². The largest absolute Gasteiger partial charge is 0.495 e. The van der Waals surface area contributed by atoms with Gasteiger partial charge in [-0.05, 0) is 18.2 Å². The molecule has 0 amide bonds. The van der Waals surface area contributed by atoms with Crippen LogP contribution in [0.15, 0.2) is 42.6 Å². The molecular formula is C15H17N3OS. The fraction of sp³-hybridized carbons (Fsp3) is 0.200. The van der Waals surface area contributed by atoms with Gasteiger partial charge >= 0.3 is 0 Å². The second-order valence-corrected chi connectivity index (χ2v) is 4.84. The van der Waals surface area contributed by atoms with Crippen LogP contribution in [0.2, 0.25) is 0 Å². The lowest BCUT2D eigenvalue weighted by molar-refractivity contribution is 0.415. The van der Waals surface area contributed by atoms with E-state index in [4.69, 9.17) is 22.7 Å². The van der Waals surface area contributed by atoms with Crippen LogP contribution in [0.3, 0.4) is 0 Å². The van der Waals surface area contributed by atoms with Crippen molar-refractivity contribution >= 4 is 22.9 Å². The Kier molecular flexibility index (Phi) is 4.53. The number of methoxy groups -OCH3 is 1. The summed E-state index contributed by atoms with van der Waals surface area (Å²) in [6, 6.07) is 11.7. The zero-order chi connectivity index (χ0) is 14.5. The fourth-order valence-electron chi connectivity index (χ4n) is 2.07. The Hall–Kier alpha value is -2.14. The van der Waals surface area contributed by atoms with Gasteiger partial charge in [0.05, 0.1) is 12.8 Å². The third-order valence-electron chi connectivity index (χ3n) is 3.03. The van der Waals surface area contributed by atoms with Gasteiger partial charge in [0, 0.05) is 25.4 Å². The van der Waals surface area contributed by atoms with Gasteiger partial charge in [0.1, 0.15) is 16.4 Å². The van der Waals surface area contributed by atoms with E-state index in [1.54, 1.807) is 13.3 Å². The van der Waals surface area contributed by atoms with Crippen LogP contribution in [-0.4, -0.2) is 24.1 Å². The molecule has 0 spiro atoms. The van der Waals surface area contributed by atoms with Gasteiger partial charge in [0.15, 0.2) is 0 Å². The summed E-state index contributed by atoms with van der Waals surface area (Å²) in [5.74, 6) is 0.829. The number of benzene rings is 1. The van der Waals surface area contributed by atoms with Crippen LogP contribution in [-0.2, 0) is 6.54 Å². The first kappa shape index (κ1) is 14.3. The van der Waals surface area contributed by atoms with Gasteiger partial charge in [-0.2, -0.15) is 0 Å². The summed E-state index contributed by atoms with van der Waals surface area (Å²) in [6.07, 6.45) is 1.70. The first-order valence-corrected chi connectivity index (χ1v) is 6.62. The number of hydrogen-bond donors (Lipinski definition) is 1. The molecule has 0 unspecified atom stereocenters. The number of anilines is 1. The molecule has 2 aromatic rings. The van der Waals surface area contributed by atoms with E-state index < -0.39 is 0 Å². The molecule has 4 nitrogen and oxygen atoms in total. The molecule has 0 aliphatic heterocycles. The average Bonchev–Trinajstić information content (AvgIpc) is 2.47. The molecule has 20 heavy (non-hydrogen) atoms. The zero-order valence-corrected chi connectivity index (χ0v) is 12.4. The van der Waals surface area contributed by atoms with Crippen molar-refractivity contribution in [3.05, 3.63) is 53.9 Å². The topological polar surface area (TPSA) is 51.4 Å². The zero-order valence-electron chi connectivity index (χ0n) is 11.5. The molecule has 5 heteroatoms. The van der Waals surface area contributed by atoms with Gasteiger partial charge < -0.3 is 15.4 Å². The van der Waals surface area contributed by atoms with Crippen molar-refractivity contribution in [2.45, 2.75) is 6.54 Å². The Bertz CT molecular complexity index is 616. The van der Waals surface area contributed by atoms with Crippen molar-refractivity contribution in [2.24, 2.45) is 5.73 Å². The molecular weight excluding hydrogens is 270 g/mol. The van der Waals surface area contributed by atoms with Crippen LogP contribution < -0.4 is 15.4 Å². The number of aromatic nitrogens is 1. The van der Waals surface area contributed by atoms with E-state index in [1.807, 2.05) is 43.4 Å². The molecule has 0 atom stereocenters. The Morgan fingerprint density at radius 2 is 2.05 bits per heavy atom. The van der Waals surface area contributed by atoms with Crippen LogP contribution in [0.5, 0.6) is 5.75 Å². The lowest BCUT2D eigenvalue weighted by Crippen LogP contribution is -2.21. The van der Waals surface area contributed by atoms with Gasteiger partial charge in [0.2, 0.25) is 0 Å². The van der Waals surface area contributed by atoms with Gasteiger partial charge in [-0.1, -0.05) is 30.4 Å². The van der Waals surface area contributed by atoms with E-state index in [2.05, 4.69) is 9.88 Å². The van der Waals surface area contributed by atoms with E-state index in [0.717, 1.165) is 17.0 Å². The normalized spacial score (nSPS) is 10.1. The molecule has 0 radical (unpaired) electrons. The minimum atomic E-state index is 0.314. The molecule has 0 fully saturated rings. The first-order chi connectivity index (χ1) is 9.63. The third kappa shape index (κ3) is 3.05. The lowest BCUT2D eigenvalue weighted by atomic mass is 10.1. The monoisotopic (exact) mass is 287 g/mol. The standard InChI is InChI=1S/C15H17N3OS/c1-18(12-7-3-4-8-13(12)19-2)10-11-6-5-9-17-14(11)15(16)20/h3-9H,10H2,1-2H3,(H2,16,20). The highest BCUT2D eigenvalue weighted by Gasteiger charge is 2.11. The summed E-state index contributed by atoms with van der Waals surface area (Å²) in [7, 11) is 3.66. The maximum Gasteiger partial charge on any atom is 0.142 e. The number of nitrogens with zero attached hydrogens (tertiary/aromatic N) is 2. The number of rotatable bonds is 5. The molecule has 1 aromatic heterocycles. The second kappa shape index (κ2) is 6.34. The minimum Gasteiger partial charge on any atom is -0.495 e. The van der Waals surface area contributed by atoms with Crippen LogP contribution in [0.4, 0.5) is 5.69 Å². The maximum absolute atomic E-state index is 5.71. The molecule has 1 heterocycles. The SMILES string of the molecule is COc1ccccc1N(C)Cc1cccnc1C(N)=S. The first-order valence-electron chi connectivity index (χ1n) is 6.21. The number of hydrogen-bond acceptors (Lipinski definition) is 4. The third-order valence-corrected chi connectivity index (χ3v) is 3.22. The molecule has 0 bridgehead atoms. The molecule has 104 valence electrons. The number of thiocarbonyl (C=S) groups is 1. The Morgan fingerprint density at radius 3 is 2.75 bits per heavy atom. The Balaban J connectivity index is 2.28. The van der Waals surface area contributed by atoms with Crippen LogP contribution in [0, 0.1) is 0 Å². The molecule has 2 rings (SSSR count). The molecule has 0 aliphatic carbocycles. The highest BCUT2D eigenvalue weighted by molar-refractivity contribution is 7.80. The predicted molar refractivity (Wildman–Crippen MR) is 85.2 cm³/mol. The van der Waals surface area contributed by atoms with Gasteiger partial charge in [-0.25, -0.2) is 0 Å². The van der Waals surface area contributed by atoms with Gasteiger partial charge in [-0.15, -0.1) is 0 Å². The molecule has 0 saturated carbocycles. The van der Waals surface area contributed by atoms with E-state index in [9.17, 15) is 0 Å². The Morgan fingerprint density at radius 1 is 1.30 bits per heavy atom. The predicted octanol–water partition coefficient (Wildman–Crippen LogP) is 2.36. The molecule has 0 saturated heterocycles. The van der Waals surface area contributed by atoms with Crippen molar-refractivity contribution in [3.8, 4) is 5.75 Å². The molecule has 2 N–H and O–H groups in total. The summed E-state index contributed by atoms with van der Waals surface area (Å²) in [4.78, 5) is 6.64. The van der Waals surface area contributed by atoms with E-state index in [1.165, 1.54) is 0 Å². The lowest BCUT2D eigenvalue weighted by Gasteiger charge is -2.22. The minimum absolute atomic E-state index is 0.314. The summed E-state index contributed by atoms with van der Waals surface area (Å²) in [6.45, 7) is 0.654. The summed E-state index contributed by atoms with van der Waals surface area (Å²) < 4.78 is 5.37. The number of pyridine rings is 1. The highest BCUT2D eigenvalue weighted by Crippen LogP contribution is 2.27. The second-order valence-electron chi connectivity index (χ2n) is 4.40. The van der Waals surface area contributed by atoms with Crippen LogP contribution >= 0.6 is 12.2 Å². The summed E-state index contributed by atoms with van der Waals surface area (Å²) >= 11 is 5.04. The van der Waals surface area contributed by atoms with Crippen molar-refractivity contribution in [1.82, 2.24) is 4.98 Å². The maximum atomic E-state index is 5.71. The van der Waals surface area contributed by atoms with E-state index >= 15 is 0 Å². The van der Waals surface area contributed by atoms with Crippen LogP contribution in [0.1, 0.15) is 11.3 Å². The smallest absolute Gasteiger partial charge is 0.142 e. The van der Waals surface area contributed by atoms with Crippen molar-refractivity contribution in [1.29, 1.82) is 0 Å². The molecule has 0 aliphatic rings. The van der Waals surface area contributed by atoms with Gasteiger partial charge in [-0.3, -0.25) is 4.98 Å². The molecule has 1 aromatic carbocycles. The summed E-state index contributed by atoms with van der Waals surface area (Å²) in [5.41, 5.74) is 8.38. The quantitative estimate of drug-likeness (QED) is 0.856. The summed E-state index contributed by atoms with van der Waals surface area (Å²) in [5, 5.41) is 0. The highest BCUT2D eigenvalue weighted by atomic mass is 32.1. The fourth-order valence-corrected chi connectivity index (χ4v) is 2.26. The Labute approximate surface area is 124 Å². The van der Waals surface area contributed by atoms with Crippen LogP contribution in [0.25, 0.3) is 0 Å². The van der Waals surface area contributed by atoms with Crippen molar-refractivity contribution < 1.29 is 4.74 Å². The number of nitrogens with two attached hydrogens (primary N) is 1. The van der Waals surface area contributed by atoms with Crippen molar-refractivity contribution in [2.75, 3.05) is 19.1 Å². The number of ether oxygens (including phenoxy) is 1. The average molecular weight is 287 g/mol. The van der Waals surface area contributed by atoms with E-state index in [0.29, 0.717) is 17.2 Å². The van der Waals surface area contributed by atoms with Gasteiger partial charge in [0.25, 0.3) is 0 Å².